The van der Waals surface area contributed by atoms with E-state index in [1.807, 2.05) is 30.1 Å². The van der Waals surface area contributed by atoms with Crippen LogP contribution in [0.3, 0.4) is 0 Å². The summed E-state index contributed by atoms with van der Waals surface area (Å²) in [6.07, 6.45) is 7.37. The number of hydrogen-bond acceptors (Lipinski definition) is 3. The number of benzene rings is 2. The Morgan fingerprint density at radius 1 is 1.11 bits per heavy atom. The van der Waals surface area contributed by atoms with E-state index in [0.29, 0.717) is 18.5 Å². The van der Waals surface area contributed by atoms with Crippen LogP contribution in [-0.2, 0) is 26.4 Å². The molecular weight excluding hydrogens is 362 g/mol. The van der Waals surface area contributed by atoms with Gasteiger partial charge in [-0.05, 0) is 54.6 Å². The highest BCUT2D eigenvalue weighted by Crippen LogP contribution is 2.35. The van der Waals surface area contributed by atoms with Crippen molar-refractivity contribution in [2.24, 2.45) is 12.8 Å². The van der Waals surface area contributed by atoms with Gasteiger partial charge in [0.25, 0.3) is 0 Å². The molecule has 3 aromatic rings. The van der Waals surface area contributed by atoms with Crippen molar-refractivity contribution in [3.05, 3.63) is 89.2 Å². The van der Waals surface area contributed by atoms with Gasteiger partial charge in [-0.1, -0.05) is 48.5 Å². The van der Waals surface area contributed by atoms with Crippen molar-refractivity contribution in [2.75, 3.05) is 7.05 Å². The Hall–Kier alpha value is -2.01. The zero-order chi connectivity index (χ0) is 19.9. The van der Waals surface area contributed by atoms with Crippen molar-refractivity contribution in [1.82, 2.24) is 9.88 Å². The fourth-order valence-electron chi connectivity index (χ4n) is 4.03. The lowest BCUT2D eigenvalue weighted by Gasteiger charge is -2.34. The number of nitrogens with two attached hydrogens (primary N) is 1. The second kappa shape index (κ2) is 9.97. The summed E-state index contributed by atoms with van der Waals surface area (Å²) in [5, 5.41) is 3.52. The fourth-order valence-corrected chi connectivity index (χ4v) is 4.28. The molecule has 3 N–H and O–H groups in total. The Balaban J connectivity index is 0.000000271. The Morgan fingerprint density at radius 3 is 2.46 bits per heavy atom. The smallest absolute Gasteiger partial charge is 0.0217 e. The average Bonchev–Trinajstić information content (AvgIpc) is 3.11. The Kier molecular flexibility index (Phi) is 7.37. The topological polar surface area (TPSA) is 43.0 Å². The molecule has 1 aliphatic rings. The van der Waals surface area contributed by atoms with Gasteiger partial charge in [-0.2, -0.15) is 0 Å². The van der Waals surface area contributed by atoms with Crippen LogP contribution in [0.5, 0.6) is 0 Å². The summed E-state index contributed by atoms with van der Waals surface area (Å²) in [6, 6.07) is 20.1. The number of rotatable bonds is 4. The van der Waals surface area contributed by atoms with Gasteiger partial charge in [-0.3, -0.25) is 0 Å². The summed E-state index contributed by atoms with van der Waals surface area (Å²) < 4.78 is 1.96. The molecule has 2 atom stereocenters. The Labute approximate surface area is 174 Å². The zero-order valence-electron chi connectivity index (χ0n) is 16.8. The van der Waals surface area contributed by atoms with E-state index in [0.717, 1.165) is 17.7 Å². The number of fused-ring (bicyclic) bond motifs is 1. The maximum absolute atomic E-state index is 5.83. The third-order valence-corrected chi connectivity index (χ3v) is 5.81. The molecule has 1 heterocycles. The van der Waals surface area contributed by atoms with E-state index in [2.05, 4.69) is 73.5 Å². The van der Waals surface area contributed by atoms with Gasteiger partial charge in [0.05, 0.1) is 0 Å². The molecule has 4 heteroatoms. The van der Waals surface area contributed by atoms with Crippen LogP contribution in [0.1, 0.15) is 34.6 Å². The second-order valence-corrected chi connectivity index (χ2v) is 8.02. The second-order valence-electron chi connectivity index (χ2n) is 7.50. The summed E-state index contributed by atoms with van der Waals surface area (Å²) in [5.41, 5.74) is 11.5. The molecule has 0 amide bonds. The van der Waals surface area contributed by atoms with Crippen molar-refractivity contribution >= 4 is 12.6 Å². The summed E-state index contributed by atoms with van der Waals surface area (Å²) in [5.74, 6) is 0.535. The van der Waals surface area contributed by atoms with Gasteiger partial charge in [-0.15, -0.1) is 12.6 Å². The van der Waals surface area contributed by atoms with E-state index in [9.17, 15) is 0 Å². The van der Waals surface area contributed by atoms with Crippen LogP contribution < -0.4 is 11.1 Å². The predicted molar refractivity (Wildman–Crippen MR) is 121 cm³/mol. The number of hydrogen-bond donors (Lipinski definition) is 3. The third-order valence-electron chi connectivity index (χ3n) is 5.54. The first-order chi connectivity index (χ1) is 13.6. The Morgan fingerprint density at radius 2 is 1.89 bits per heavy atom. The van der Waals surface area contributed by atoms with Gasteiger partial charge >= 0.3 is 0 Å². The summed E-state index contributed by atoms with van der Waals surface area (Å²) >= 11 is 4.08. The monoisotopic (exact) mass is 393 g/mol. The lowest BCUT2D eigenvalue weighted by atomic mass is 9.75. The standard InChI is InChI=1S/C19H24N2.C5H7NS/c1-21-19-10-9-16-8-7-15(13-20)12-17(16)18(19)11-14-5-3-2-4-6-14;1-6-3-2-5(7)4-6/h2-8,12,18-19,21H,9-11,13,20H2,1H3;2-4,7H,1H3. The molecule has 1 aliphatic carbocycles. The average molecular weight is 394 g/mol. The SMILES string of the molecule is CNC1CCc2ccc(CN)cc2C1Cc1ccccc1.Cn1ccc(S)c1. The summed E-state index contributed by atoms with van der Waals surface area (Å²) in [7, 11) is 4.06. The van der Waals surface area contributed by atoms with Crippen LogP contribution in [0.2, 0.25) is 0 Å². The molecule has 0 aliphatic heterocycles. The van der Waals surface area contributed by atoms with E-state index in [4.69, 9.17) is 5.73 Å². The highest BCUT2D eigenvalue weighted by molar-refractivity contribution is 7.80. The Bertz CT molecular complexity index is 856. The van der Waals surface area contributed by atoms with E-state index in [-0.39, 0.29) is 0 Å². The lowest BCUT2D eigenvalue weighted by Crippen LogP contribution is -2.37. The number of thiol groups is 1. The number of aromatic nitrogens is 1. The van der Waals surface area contributed by atoms with E-state index >= 15 is 0 Å². The van der Waals surface area contributed by atoms with Crippen molar-refractivity contribution in [1.29, 1.82) is 0 Å². The van der Waals surface area contributed by atoms with E-state index in [1.54, 1.807) is 0 Å². The number of likely N-dealkylation sites (N-methyl/N-ethyl adjacent to an activating group) is 1. The molecule has 0 bridgehead atoms. The molecule has 2 unspecified atom stereocenters. The van der Waals surface area contributed by atoms with E-state index in [1.165, 1.54) is 28.7 Å². The molecule has 0 saturated carbocycles. The zero-order valence-corrected chi connectivity index (χ0v) is 17.7. The predicted octanol–water partition coefficient (Wildman–Crippen LogP) is 4.32. The minimum atomic E-state index is 0.535. The molecule has 148 valence electrons. The van der Waals surface area contributed by atoms with Gasteiger partial charge in [0, 0.05) is 42.8 Å². The van der Waals surface area contributed by atoms with Crippen LogP contribution in [0.25, 0.3) is 0 Å². The highest BCUT2D eigenvalue weighted by atomic mass is 32.1. The van der Waals surface area contributed by atoms with Gasteiger partial charge < -0.3 is 15.6 Å². The van der Waals surface area contributed by atoms with Crippen LogP contribution in [0.4, 0.5) is 0 Å². The number of nitrogens with zero attached hydrogens (tertiary/aromatic N) is 1. The molecule has 4 rings (SSSR count). The largest absolute Gasteiger partial charge is 0.356 e. The maximum Gasteiger partial charge on any atom is 0.0217 e. The maximum atomic E-state index is 5.83. The molecule has 0 radical (unpaired) electrons. The molecule has 3 nitrogen and oxygen atoms in total. The number of nitrogens with one attached hydrogen (secondary N) is 1. The van der Waals surface area contributed by atoms with E-state index < -0.39 is 0 Å². The fraction of sp³-hybridized carbons (Fsp3) is 0.333. The molecule has 0 saturated heterocycles. The van der Waals surface area contributed by atoms with Crippen molar-refractivity contribution in [2.45, 2.75) is 42.7 Å². The minimum Gasteiger partial charge on any atom is -0.356 e. The van der Waals surface area contributed by atoms with Crippen LogP contribution in [0.15, 0.2) is 71.9 Å². The van der Waals surface area contributed by atoms with Crippen LogP contribution in [-0.4, -0.2) is 17.7 Å². The first kappa shape index (κ1) is 20.7. The molecule has 1 aromatic heterocycles. The van der Waals surface area contributed by atoms with Crippen molar-refractivity contribution in [3.8, 4) is 0 Å². The molecule has 28 heavy (non-hydrogen) atoms. The molecule has 0 spiro atoms. The van der Waals surface area contributed by atoms with Gasteiger partial charge in [0.2, 0.25) is 0 Å². The van der Waals surface area contributed by atoms with Gasteiger partial charge in [-0.25, -0.2) is 0 Å². The normalized spacial score (nSPS) is 18.1. The van der Waals surface area contributed by atoms with Gasteiger partial charge in [0.15, 0.2) is 0 Å². The quantitative estimate of drug-likeness (QED) is 0.578. The van der Waals surface area contributed by atoms with Gasteiger partial charge in [0.1, 0.15) is 0 Å². The molecular formula is C24H31N3S. The van der Waals surface area contributed by atoms with Crippen LogP contribution in [0, 0.1) is 0 Å². The number of aryl methyl sites for hydroxylation is 2. The minimum absolute atomic E-state index is 0.535. The van der Waals surface area contributed by atoms with Crippen molar-refractivity contribution < 1.29 is 0 Å². The molecule has 2 aromatic carbocycles. The van der Waals surface area contributed by atoms with Crippen molar-refractivity contribution in [3.63, 3.8) is 0 Å². The first-order valence-electron chi connectivity index (χ1n) is 9.94. The molecule has 0 fully saturated rings. The summed E-state index contributed by atoms with van der Waals surface area (Å²) in [4.78, 5) is 1.02. The summed E-state index contributed by atoms with van der Waals surface area (Å²) in [6.45, 7) is 0.621. The van der Waals surface area contributed by atoms with Crippen LogP contribution >= 0.6 is 12.6 Å². The first-order valence-corrected chi connectivity index (χ1v) is 10.4. The lowest BCUT2D eigenvalue weighted by molar-refractivity contribution is 0.409. The highest BCUT2D eigenvalue weighted by Gasteiger charge is 2.28. The third kappa shape index (κ3) is 5.28.